The molecule has 0 radical (unpaired) electrons. The van der Waals surface area contributed by atoms with Crippen LogP contribution in [-0.4, -0.2) is 54.0 Å². The van der Waals surface area contributed by atoms with Crippen LogP contribution in [0.2, 0.25) is 10.0 Å². The van der Waals surface area contributed by atoms with E-state index in [2.05, 4.69) is 21.9 Å². The molecule has 0 unspecified atom stereocenters. The number of imidazole rings is 1. The zero-order chi connectivity index (χ0) is 29.5. The van der Waals surface area contributed by atoms with E-state index in [1.54, 1.807) is 35.1 Å². The van der Waals surface area contributed by atoms with Gasteiger partial charge < -0.3 is 14.8 Å². The SMILES string of the molecule is C=CC(=O)Cc1cc(S(C)(=O)=O)ccc1Nc1ncc2cc(-c3c(Cl)c(OC)cc(OC)c3Cl)c3nccn3c2n1. The number of hydrogen-bond acceptors (Lipinski definition) is 9. The molecule has 1 N–H and O–H groups in total. The van der Waals surface area contributed by atoms with Crippen LogP contribution in [0.1, 0.15) is 5.56 Å². The van der Waals surface area contributed by atoms with Gasteiger partial charge in [0, 0.05) is 59.5 Å². The molecular weight excluding hydrogens is 589 g/mol. The quantitative estimate of drug-likeness (QED) is 0.208. The van der Waals surface area contributed by atoms with Gasteiger partial charge in [-0.1, -0.05) is 29.8 Å². The number of pyridine rings is 1. The second kappa shape index (κ2) is 11.0. The maximum absolute atomic E-state index is 12.1. The van der Waals surface area contributed by atoms with Crippen molar-refractivity contribution in [2.24, 2.45) is 0 Å². The predicted molar refractivity (Wildman–Crippen MR) is 159 cm³/mol. The van der Waals surface area contributed by atoms with Crippen molar-refractivity contribution in [3.05, 3.63) is 77.2 Å². The number of methoxy groups -OCH3 is 2. The number of rotatable bonds is 9. The number of ketones is 1. The van der Waals surface area contributed by atoms with Crippen molar-refractivity contribution >= 4 is 67.1 Å². The summed E-state index contributed by atoms with van der Waals surface area (Å²) >= 11 is 13.4. The number of hydrogen-bond donors (Lipinski definition) is 1. The van der Waals surface area contributed by atoms with Crippen molar-refractivity contribution < 1.29 is 22.7 Å². The molecule has 0 fully saturated rings. The van der Waals surface area contributed by atoms with Gasteiger partial charge in [0.15, 0.2) is 21.3 Å². The summed E-state index contributed by atoms with van der Waals surface area (Å²) in [7, 11) is -0.488. The van der Waals surface area contributed by atoms with Crippen molar-refractivity contribution in [2.75, 3.05) is 25.8 Å². The molecule has 13 heteroatoms. The van der Waals surface area contributed by atoms with E-state index in [4.69, 9.17) is 37.7 Å². The number of benzene rings is 2. The first-order valence-electron chi connectivity index (χ1n) is 12.0. The standard InChI is InChI=1S/C28H23Cl2N5O5S/c1-5-17(36)10-15-11-18(41(4,37)38)6-7-20(15)33-28-32-14-16-12-19(27-31-8-9-35(27)26(16)34-28)23-24(29)21(39-2)13-22(40-3)25(23)30/h5-9,11-14H,1,10H2,2-4H3,(H,32,33,34). The fourth-order valence-corrected chi connectivity index (χ4v) is 5.76. The highest BCUT2D eigenvalue weighted by atomic mass is 35.5. The highest BCUT2D eigenvalue weighted by Gasteiger charge is 2.23. The number of nitrogens with zero attached hydrogens (tertiary/aromatic N) is 4. The van der Waals surface area contributed by atoms with E-state index in [1.807, 2.05) is 6.07 Å². The van der Waals surface area contributed by atoms with E-state index in [9.17, 15) is 13.2 Å². The van der Waals surface area contributed by atoms with Crippen molar-refractivity contribution in [3.8, 4) is 22.6 Å². The van der Waals surface area contributed by atoms with Crippen LogP contribution < -0.4 is 14.8 Å². The number of halogens is 2. The second-order valence-electron chi connectivity index (χ2n) is 9.00. The number of aromatic nitrogens is 4. The molecule has 0 bridgehead atoms. The first kappa shape index (κ1) is 28.3. The number of sulfone groups is 1. The molecule has 3 aromatic heterocycles. The molecule has 5 aromatic rings. The fourth-order valence-electron chi connectivity index (χ4n) is 4.39. The minimum absolute atomic E-state index is 0.0522. The molecule has 0 aliphatic carbocycles. The lowest BCUT2D eigenvalue weighted by atomic mass is 10.0. The molecule has 5 rings (SSSR count). The Morgan fingerprint density at radius 1 is 1.07 bits per heavy atom. The number of ether oxygens (including phenoxy) is 2. The number of carbonyl (C=O) groups is 1. The number of allylic oxidation sites excluding steroid dienone is 1. The highest BCUT2D eigenvalue weighted by molar-refractivity contribution is 7.90. The Morgan fingerprint density at radius 3 is 2.41 bits per heavy atom. The number of carbonyl (C=O) groups excluding carboxylic acids is 1. The summed E-state index contributed by atoms with van der Waals surface area (Å²) in [6.45, 7) is 3.51. The first-order chi connectivity index (χ1) is 19.5. The van der Waals surface area contributed by atoms with Gasteiger partial charge in [-0.2, -0.15) is 4.98 Å². The van der Waals surface area contributed by atoms with E-state index in [0.29, 0.717) is 60.6 Å². The van der Waals surface area contributed by atoms with E-state index in [0.717, 1.165) is 6.26 Å². The van der Waals surface area contributed by atoms with Gasteiger partial charge in [0.05, 0.1) is 29.2 Å². The number of anilines is 2. The molecule has 3 heterocycles. The maximum atomic E-state index is 12.1. The smallest absolute Gasteiger partial charge is 0.229 e. The van der Waals surface area contributed by atoms with Crippen LogP contribution in [0.3, 0.4) is 0 Å². The number of nitrogens with one attached hydrogen (secondary N) is 1. The lowest BCUT2D eigenvalue weighted by molar-refractivity contribution is -0.114. The summed E-state index contributed by atoms with van der Waals surface area (Å²) in [5.74, 6) is 0.725. The molecule has 0 atom stereocenters. The van der Waals surface area contributed by atoms with Crippen LogP contribution in [0.5, 0.6) is 11.5 Å². The van der Waals surface area contributed by atoms with Gasteiger partial charge in [-0.05, 0) is 35.9 Å². The van der Waals surface area contributed by atoms with Gasteiger partial charge in [-0.15, -0.1) is 0 Å². The summed E-state index contributed by atoms with van der Waals surface area (Å²) in [6.07, 6.45) is 7.22. The van der Waals surface area contributed by atoms with Crippen LogP contribution in [-0.2, 0) is 21.1 Å². The summed E-state index contributed by atoms with van der Waals surface area (Å²) in [5, 5.41) is 4.35. The summed E-state index contributed by atoms with van der Waals surface area (Å²) < 4.78 is 36.9. The highest BCUT2D eigenvalue weighted by Crippen LogP contribution is 2.47. The molecule has 0 spiro atoms. The maximum Gasteiger partial charge on any atom is 0.229 e. The third-order valence-corrected chi connectivity index (χ3v) is 8.25. The summed E-state index contributed by atoms with van der Waals surface area (Å²) in [5.41, 5.74) is 3.08. The van der Waals surface area contributed by atoms with Gasteiger partial charge in [0.25, 0.3) is 0 Å². The van der Waals surface area contributed by atoms with Crippen molar-refractivity contribution in [1.82, 2.24) is 19.4 Å². The van der Waals surface area contributed by atoms with Gasteiger partial charge in [-0.25, -0.2) is 18.4 Å². The van der Waals surface area contributed by atoms with Crippen molar-refractivity contribution in [1.29, 1.82) is 0 Å². The first-order valence-corrected chi connectivity index (χ1v) is 14.7. The average molecular weight is 612 g/mol. The van der Waals surface area contributed by atoms with Crippen LogP contribution in [0, 0.1) is 0 Å². The van der Waals surface area contributed by atoms with E-state index >= 15 is 0 Å². The van der Waals surface area contributed by atoms with Crippen LogP contribution in [0.4, 0.5) is 11.6 Å². The lowest BCUT2D eigenvalue weighted by Gasteiger charge is -2.16. The third-order valence-electron chi connectivity index (χ3n) is 6.39. The van der Waals surface area contributed by atoms with Crippen LogP contribution in [0.25, 0.3) is 27.8 Å². The van der Waals surface area contributed by atoms with Crippen LogP contribution >= 0.6 is 23.2 Å². The molecule has 210 valence electrons. The third kappa shape index (κ3) is 5.31. The van der Waals surface area contributed by atoms with E-state index in [-0.39, 0.29) is 23.0 Å². The fraction of sp³-hybridized carbons (Fsp3) is 0.143. The van der Waals surface area contributed by atoms with Gasteiger partial charge in [-0.3, -0.25) is 9.20 Å². The minimum Gasteiger partial charge on any atom is -0.495 e. The Kier molecular flexibility index (Phi) is 7.60. The molecule has 0 saturated carbocycles. The predicted octanol–water partition coefficient (Wildman–Crippen LogP) is 5.71. The van der Waals surface area contributed by atoms with E-state index in [1.165, 1.54) is 32.4 Å². The second-order valence-corrected chi connectivity index (χ2v) is 11.8. The molecule has 0 aliphatic heterocycles. The normalized spacial score (nSPS) is 11.5. The monoisotopic (exact) mass is 611 g/mol. The van der Waals surface area contributed by atoms with Crippen LogP contribution in [0.15, 0.2) is 66.5 Å². The van der Waals surface area contributed by atoms with Crippen molar-refractivity contribution in [3.63, 3.8) is 0 Å². The lowest BCUT2D eigenvalue weighted by Crippen LogP contribution is -2.07. The molecule has 0 saturated heterocycles. The summed E-state index contributed by atoms with van der Waals surface area (Å²) in [4.78, 5) is 25.9. The van der Waals surface area contributed by atoms with Gasteiger partial charge in [0.2, 0.25) is 5.95 Å². The molecular formula is C28H23Cl2N5O5S. The molecule has 10 nitrogen and oxygen atoms in total. The van der Waals surface area contributed by atoms with Gasteiger partial charge in [0.1, 0.15) is 17.1 Å². The Morgan fingerprint density at radius 2 is 1.78 bits per heavy atom. The Balaban J connectivity index is 1.64. The Hall–Kier alpha value is -4.19. The molecule has 0 aliphatic rings. The van der Waals surface area contributed by atoms with Gasteiger partial charge >= 0.3 is 0 Å². The zero-order valence-electron chi connectivity index (χ0n) is 22.1. The average Bonchev–Trinajstić information content (AvgIpc) is 3.44. The summed E-state index contributed by atoms with van der Waals surface area (Å²) in [6, 6.07) is 7.92. The van der Waals surface area contributed by atoms with Crippen molar-refractivity contribution in [2.45, 2.75) is 11.3 Å². The molecule has 0 amide bonds. The molecule has 41 heavy (non-hydrogen) atoms. The van der Waals surface area contributed by atoms with E-state index < -0.39 is 9.84 Å². The Bertz CT molecular complexity index is 1950. The minimum atomic E-state index is -3.49. The Labute approximate surface area is 245 Å². The largest absolute Gasteiger partial charge is 0.495 e. The number of fused-ring (bicyclic) bond motifs is 3. The zero-order valence-corrected chi connectivity index (χ0v) is 24.4. The topological polar surface area (TPSA) is 125 Å². The molecule has 2 aromatic carbocycles.